The van der Waals surface area contributed by atoms with E-state index in [1.165, 1.54) is 11.3 Å². The molecule has 22 heavy (non-hydrogen) atoms. The number of aryl methyl sites for hydroxylation is 1. The first-order valence-electron chi connectivity index (χ1n) is 6.30. The molecule has 0 amide bonds. The maximum Gasteiger partial charge on any atom is 0.328 e. The highest BCUT2D eigenvalue weighted by Gasteiger charge is 2.12. The van der Waals surface area contributed by atoms with E-state index in [1.807, 2.05) is 37.4 Å². The molecule has 3 aromatic rings. The van der Waals surface area contributed by atoms with Gasteiger partial charge in [-0.3, -0.25) is 0 Å². The van der Waals surface area contributed by atoms with Crippen LogP contribution in [0.2, 0.25) is 0 Å². The van der Waals surface area contributed by atoms with Crippen molar-refractivity contribution in [2.24, 2.45) is 0 Å². The van der Waals surface area contributed by atoms with Gasteiger partial charge < -0.3 is 0 Å². The molecule has 0 fully saturated rings. The van der Waals surface area contributed by atoms with E-state index in [0.29, 0.717) is 0 Å². The third-order valence-corrected chi connectivity index (χ3v) is 2.80. The van der Waals surface area contributed by atoms with Crippen LogP contribution in [0.15, 0.2) is 60.8 Å². The van der Waals surface area contributed by atoms with E-state index < -0.39 is 10.2 Å². The molecule has 0 N–H and O–H groups in total. The van der Waals surface area contributed by atoms with Crippen molar-refractivity contribution in [1.82, 2.24) is 4.98 Å². The lowest BCUT2D eigenvalue weighted by Crippen LogP contribution is -2.68. The molecule has 0 saturated carbocycles. The zero-order chi connectivity index (χ0) is 16.2. The molecule has 7 heteroatoms. The van der Waals surface area contributed by atoms with Gasteiger partial charge in [-0.05, 0) is 11.1 Å². The first kappa shape index (κ1) is 16.3. The normalized spacial score (nSPS) is 11.0. The quantitative estimate of drug-likeness (QED) is 0.484. The maximum atomic E-state index is 8.49. The average molecular weight is 321 g/mol. The molecule has 2 aromatic heterocycles. The van der Waals surface area contributed by atoms with Crippen LogP contribution in [0.4, 0.5) is 0 Å². The van der Waals surface area contributed by atoms with E-state index in [4.69, 9.17) is 18.6 Å². The Morgan fingerprint density at radius 1 is 0.909 bits per heavy atom. The van der Waals surface area contributed by atoms with Crippen molar-refractivity contribution in [1.29, 1.82) is 0 Å². The Morgan fingerprint density at radius 2 is 1.50 bits per heavy atom. The standard InChI is InChI=1S/C15H13N2.ClHO4/c1-12-11-14(13-7-3-2-4-8-13)17-10-6-5-9-15(17)16-12;2-1(3,4)5/h2-11H,1H3;(H,2,3,4,5)/q+1;/p-1. The van der Waals surface area contributed by atoms with E-state index in [9.17, 15) is 0 Å². The fraction of sp³-hybridized carbons (Fsp3) is 0.0667. The summed E-state index contributed by atoms with van der Waals surface area (Å²) in [6, 6.07) is 18.6. The minimum Gasteiger partial charge on any atom is -0.222 e. The zero-order valence-corrected chi connectivity index (χ0v) is 12.4. The molecule has 114 valence electrons. The van der Waals surface area contributed by atoms with Gasteiger partial charge in [-0.2, -0.15) is 4.40 Å². The van der Waals surface area contributed by atoms with Gasteiger partial charge in [-0.1, -0.05) is 36.4 Å². The number of aromatic nitrogens is 2. The van der Waals surface area contributed by atoms with Crippen molar-refractivity contribution >= 4 is 5.65 Å². The Kier molecular flexibility index (Phi) is 5.02. The largest absolute Gasteiger partial charge is 0.328 e. The van der Waals surface area contributed by atoms with Crippen molar-refractivity contribution in [3.05, 3.63) is 66.5 Å². The van der Waals surface area contributed by atoms with Crippen LogP contribution in [0.1, 0.15) is 5.69 Å². The summed E-state index contributed by atoms with van der Waals surface area (Å²) in [5.74, 6) is 0. The third kappa shape index (κ3) is 4.73. The fourth-order valence-corrected chi connectivity index (χ4v) is 2.04. The molecule has 0 bridgehead atoms. The summed E-state index contributed by atoms with van der Waals surface area (Å²) in [7, 11) is -4.94. The molecule has 2 heterocycles. The second kappa shape index (κ2) is 6.78. The number of fused-ring (bicyclic) bond motifs is 1. The fourth-order valence-electron chi connectivity index (χ4n) is 2.04. The molecular weight excluding hydrogens is 308 g/mol. The lowest BCUT2D eigenvalue weighted by Gasteiger charge is -2.17. The topological polar surface area (TPSA) is 109 Å². The minimum atomic E-state index is -4.94. The highest BCUT2D eigenvalue weighted by atomic mass is 35.7. The van der Waals surface area contributed by atoms with Crippen LogP contribution in [0.3, 0.4) is 0 Å². The maximum absolute atomic E-state index is 8.49. The van der Waals surface area contributed by atoms with Crippen LogP contribution in [0, 0.1) is 17.2 Å². The molecule has 1 aromatic carbocycles. The highest BCUT2D eigenvalue weighted by Crippen LogP contribution is 2.15. The van der Waals surface area contributed by atoms with Gasteiger partial charge in [0.2, 0.25) is 0 Å². The van der Waals surface area contributed by atoms with Crippen LogP contribution >= 0.6 is 0 Å². The predicted octanol–water partition coefficient (Wildman–Crippen LogP) is -1.96. The van der Waals surface area contributed by atoms with Gasteiger partial charge in [0, 0.05) is 24.6 Å². The van der Waals surface area contributed by atoms with Crippen LogP contribution in [-0.4, -0.2) is 4.98 Å². The van der Waals surface area contributed by atoms with Gasteiger partial charge in [0.1, 0.15) is 5.69 Å². The molecule has 3 rings (SSSR count). The minimum absolute atomic E-state index is 0.978. The Balaban J connectivity index is 0.000000309. The van der Waals surface area contributed by atoms with Crippen molar-refractivity contribution < 1.29 is 33.3 Å². The van der Waals surface area contributed by atoms with E-state index in [2.05, 4.69) is 39.7 Å². The Morgan fingerprint density at radius 3 is 2.14 bits per heavy atom. The smallest absolute Gasteiger partial charge is 0.222 e. The molecule has 6 nitrogen and oxygen atoms in total. The summed E-state index contributed by atoms with van der Waals surface area (Å²) in [6.07, 6.45) is 2.05. The van der Waals surface area contributed by atoms with Crippen molar-refractivity contribution in [3.8, 4) is 11.3 Å². The second-order valence-electron chi connectivity index (χ2n) is 4.46. The molecular formula is C15H13ClN2O4. The van der Waals surface area contributed by atoms with Gasteiger partial charge in [0.05, 0.1) is 6.20 Å². The zero-order valence-electron chi connectivity index (χ0n) is 11.7. The van der Waals surface area contributed by atoms with E-state index in [-0.39, 0.29) is 0 Å². The summed E-state index contributed by atoms with van der Waals surface area (Å²) in [5.41, 5.74) is 4.40. The van der Waals surface area contributed by atoms with Crippen LogP contribution in [0.25, 0.3) is 16.9 Å². The van der Waals surface area contributed by atoms with E-state index in [1.54, 1.807) is 0 Å². The number of halogens is 1. The Labute approximate surface area is 129 Å². The van der Waals surface area contributed by atoms with Gasteiger partial charge in [-0.25, -0.2) is 18.6 Å². The van der Waals surface area contributed by atoms with Crippen LogP contribution in [-0.2, 0) is 0 Å². The summed E-state index contributed by atoms with van der Waals surface area (Å²) < 4.78 is 36.1. The number of rotatable bonds is 1. The Hall–Kier alpha value is -2.09. The van der Waals surface area contributed by atoms with Crippen molar-refractivity contribution in [3.63, 3.8) is 0 Å². The summed E-state index contributed by atoms with van der Waals surface area (Å²) in [4.78, 5) is 4.52. The van der Waals surface area contributed by atoms with Crippen molar-refractivity contribution in [2.45, 2.75) is 6.92 Å². The monoisotopic (exact) mass is 320 g/mol. The first-order valence-corrected chi connectivity index (χ1v) is 7.53. The number of pyridine rings is 1. The molecule has 0 unspecified atom stereocenters. The first-order chi connectivity index (χ1) is 10.3. The van der Waals surface area contributed by atoms with Crippen LogP contribution < -0.4 is 23.0 Å². The molecule has 0 radical (unpaired) electrons. The molecule has 0 aliphatic carbocycles. The molecule has 0 aliphatic heterocycles. The lowest BCUT2D eigenvalue weighted by molar-refractivity contribution is -2.00. The SMILES string of the molecule is Cc1cc(-c2ccccc2)[n+]2ccccc2n1.[O-][Cl+3]([O-])([O-])[O-]. The molecule has 0 aliphatic rings. The van der Waals surface area contributed by atoms with Crippen LogP contribution in [0.5, 0.6) is 0 Å². The summed E-state index contributed by atoms with van der Waals surface area (Å²) in [6.45, 7) is 2.03. The molecule has 0 atom stereocenters. The van der Waals surface area contributed by atoms with E-state index in [0.717, 1.165) is 11.3 Å². The van der Waals surface area contributed by atoms with Gasteiger partial charge in [0.25, 0.3) is 0 Å². The number of hydrogen-bond donors (Lipinski definition) is 0. The number of hydrogen-bond acceptors (Lipinski definition) is 5. The number of benzene rings is 1. The summed E-state index contributed by atoms with van der Waals surface area (Å²) >= 11 is 0. The lowest BCUT2D eigenvalue weighted by atomic mass is 10.1. The summed E-state index contributed by atoms with van der Waals surface area (Å²) in [5, 5.41) is 0. The van der Waals surface area contributed by atoms with Gasteiger partial charge in [-0.15, -0.1) is 10.2 Å². The predicted molar refractivity (Wildman–Crippen MR) is 67.6 cm³/mol. The van der Waals surface area contributed by atoms with Crippen molar-refractivity contribution in [2.75, 3.05) is 0 Å². The highest BCUT2D eigenvalue weighted by molar-refractivity contribution is 5.57. The molecule has 0 spiro atoms. The number of nitrogens with zero attached hydrogens (tertiary/aromatic N) is 2. The van der Waals surface area contributed by atoms with Gasteiger partial charge >= 0.3 is 5.65 Å². The average Bonchev–Trinajstić information content (AvgIpc) is 2.45. The van der Waals surface area contributed by atoms with E-state index >= 15 is 0 Å². The third-order valence-electron chi connectivity index (χ3n) is 2.80. The Bertz CT molecular complexity index is 754. The molecule has 0 saturated heterocycles. The van der Waals surface area contributed by atoms with Gasteiger partial charge in [0.15, 0.2) is 5.69 Å². The second-order valence-corrected chi connectivity index (χ2v) is 5.21.